The number of hydrogen-bond donors (Lipinski definition) is 0. The van der Waals surface area contributed by atoms with Crippen LogP contribution in [-0.4, -0.2) is 0 Å². The van der Waals surface area contributed by atoms with Crippen LogP contribution in [0.15, 0.2) is 72.8 Å². The van der Waals surface area contributed by atoms with Crippen molar-refractivity contribution in [2.45, 2.75) is 13.8 Å². The fourth-order valence-corrected chi connectivity index (χ4v) is 2.61. The van der Waals surface area contributed by atoms with Crippen LogP contribution in [0.1, 0.15) is 11.1 Å². The van der Waals surface area contributed by atoms with Crippen LogP contribution in [-0.2, 0) is 18.5 Å². The summed E-state index contributed by atoms with van der Waals surface area (Å²) in [6.07, 6.45) is 0. The van der Waals surface area contributed by atoms with Gasteiger partial charge in [-0.25, -0.2) is 0 Å². The van der Waals surface area contributed by atoms with Crippen LogP contribution in [0, 0.1) is 13.8 Å². The van der Waals surface area contributed by atoms with Gasteiger partial charge in [-0.15, -0.1) is 81.2 Å². The number of aryl methyl sites for hydroxylation is 2. The third kappa shape index (κ3) is 5.82. The Morgan fingerprint density at radius 3 is 1.39 bits per heavy atom. The first-order chi connectivity index (χ1) is 11.1. The van der Waals surface area contributed by atoms with Gasteiger partial charge >= 0.3 is 43.0 Å². The molecule has 0 unspecified atom stereocenters. The van der Waals surface area contributed by atoms with Crippen LogP contribution in [0.2, 0.25) is 0 Å². The van der Waals surface area contributed by atoms with E-state index in [1.807, 2.05) is 0 Å². The average molecular weight is 509 g/mol. The molecule has 0 aliphatic heterocycles. The zero-order valence-electron chi connectivity index (χ0n) is 13.2. The minimum absolute atomic E-state index is 0.145. The molecule has 0 heterocycles. The summed E-state index contributed by atoms with van der Waals surface area (Å²) in [7, 11) is 0. The Morgan fingerprint density at radius 1 is 0.696 bits per heavy atom. The Hall–Kier alpha value is -0.497. The van der Waals surface area contributed by atoms with Crippen LogP contribution >= 0.6 is 24.4 Å². The molecule has 23 heavy (non-hydrogen) atoms. The molecule has 116 valence electrons. The van der Waals surface area contributed by atoms with E-state index in [4.69, 9.17) is 0 Å². The molecule has 0 aromatic heterocycles. The van der Waals surface area contributed by atoms with Gasteiger partial charge in [0, 0.05) is 0 Å². The fourth-order valence-electron chi connectivity index (χ4n) is 2.61. The SMILES string of the molecule is Cc1cc2ccccc2[cH-]1.Cc1cc2ccccc2[cH-]1.[Br][Zr+2][Br]. The first kappa shape index (κ1) is 18.8. The Bertz CT molecular complexity index is 720. The molecule has 0 amide bonds. The Kier molecular flexibility index (Phi) is 7.96. The second-order valence-electron chi connectivity index (χ2n) is 5.39. The summed E-state index contributed by atoms with van der Waals surface area (Å²) in [5.41, 5.74) is 2.70. The monoisotopic (exact) mass is 506 g/mol. The van der Waals surface area contributed by atoms with Gasteiger partial charge in [-0.3, -0.25) is 0 Å². The van der Waals surface area contributed by atoms with Crippen LogP contribution in [0.4, 0.5) is 0 Å². The van der Waals surface area contributed by atoms with Crippen molar-refractivity contribution < 1.29 is 18.5 Å². The third-order valence-electron chi connectivity index (χ3n) is 3.52. The molecule has 0 aliphatic rings. The van der Waals surface area contributed by atoms with Crippen LogP contribution in [0.25, 0.3) is 21.5 Å². The van der Waals surface area contributed by atoms with Gasteiger partial charge in [0.25, 0.3) is 0 Å². The van der Waals surface area contributed by atoms with E-state index in [1.54, 1.807) is 0 Å². The van der Waals surface area contributed by atoms with Crippen molar-refractivity contribution in [3.8, 4) is 0 Å². The molecule has 0 saturated heterocycles. The molecule has 0 radical (unpaired) electrons. The summed E-state index contributed by atoms with van der Waals surface area (Å²) < 4.78 is 0. The van der Waals surface area contributed by atoms with Crippen molar-refractivity contribution in [2.75, 3.05) is 0 Å². The van der Waals surface area contributed by atoms with Gasteiger partial charge in [0.15, 0.2) is 0 Å². The molecule has 0 nitrogen and oxygen atoms in total. The van der Waals surface area contributed by atoms with E-state index in [9.17, 15) is 0 Å². The van der Waals surface area contributed by atoms with Crippen molar-refractivity contribution in [1.82, 2.24) is 0 Å². The molecule has 4 aromatic rings. The standard InChI is InChI=1S/2C10H9.2BrH.Zr/c2*1-8-6-9-4-2-3-5-10(9)7-8;;;/h2*2-7H,1H3;2*1H;/q2*-1;;;+4/p-2. The predicted molar refractivity (Wildman–Crippen MR) is 106 cm³/mol. The topological polar surface area (TPSA) is 0 Å². The molecular formula is C20H18Br2Zr. The molecule has 0 atom stereocenters. The summed E-state index contributed by atoms with van der Waals surface area (Å²) in [6.45, 7) is 4.25. The molecule has 3 heteroatoms. The molecule has 4 rings (SSSR count). The van der Waals surface area contributed by atoms with Gasteiger partial charge in [-0.05, 0) is 0 Å². The number of fused-ring (bicyclic) bond motifs is 2. The fraction of sp³-hybridized carbons (Fsp3) is 0.100. The van der Waals surface area contributed by atoms with Crippen LogP contribution in [0.5, 0.6) is 0 Å². The van der Waals surface area contributed by atoms with Gasteiger partial charge in [-0.2, -0.15) is 12.1 Å². The first-order valence-electron chi connectivity index (χ1n) is 7.34. The zero-order chi connectivity index (χ0) is 16.7. The molecule has 0 N–H and O–H groups in total. The van der Waals surface area contributed by atoms with E-state index >= 15 is 0 Å². The molecule has 0 fully saturated rings. The summed E-state index contributed by atoms with van der Waals surface area (Å²) in [5.74, 6) is 0. The molecule has 0 saturated carbocycles. The second kappa shape index (κ2) is 9.72. The minimum atomic E-state index is -0.145. The van der Waals surface area contributed by atoms with Gasteiger partial charge in [0.05, 0.1) is 0 Å². The normalized spacial score (nSPS) is 9.57. The van der Waals surface area contributed by atoms with Crippen molar-refractivity contribution in [3.63, 3.8) is 0 Å². The van der Waals surface area contributed by atoms with Crippen molar-refractivity contribution in [1.29, 1.82) is 0 Å². The van der Waals surface area contributed by atoms with Gasteiger partial charge < -0.3 is 0 Å². The molecule has 4 aromatic carbocycles. The van der Waals surface area contributed by atoms with Crippen molar-refractivity contribution in [2.24, 2.45) is 0 Å². The zero-order valence-corrected chi connectivity index (χ0v) is 18.8. The molecule has 0 spiro atoms. The Balaban J connectivity index is 0.000000143. The van der Waals surface area contributed by atoms with Crippen molar-refractivity contribution >= 4 is 46.0 Å². The van der Waals surface area contributed by atoms with E-state index in [0.717, 1.165) is 0 Å². The van der Waals surface area contributed by atoms with Gasteiger partial charge in [0.2, 0.25) is 0 Å². The molecule has 0 aliphatic carbocycles. The summed E-state index contributed by atoms with van der Waals surface area (Å²) in [4.78, 5) is 0. The van der Waals surface area contributed by atoms with Crippen LogP contribution in [0.3, 0.4) is 0 Å². The Labute approximate surface area is 161 Å². The van der Waals surface area contributed by atoms with Gasteiger partial charge in [0.1, 0.15) is 0 Å². The van der Waals surface area contributed by atoms with E-state index in [1.165, 1.54) is 32.7 Å². The molecular weight excluding hydrogens is 491 g/mol. The second-order valence-corrected chi connectivity index (χ2v) is 16.7. The van der Waals surface area contributed by atoms with Gasteiger partial charge in [-0.1, -0.05) is 26.0 Å². The summed E-state index contributed by atoms with van der Waals surface area (Å²) in [6, 6.07) is 25.7. The van der Waals surface area contributed by atoms with E-state index < -0.39 is 0 Å². The number of benzene rings is 2. The van der Waals surface area contributed by atoms with E-state index in [0.29, 0.717) is 0 Å². The molecule has 0 bridgehead atoms. The maximum absolute atomic E-state index is 3.23. The third-order valence-corrected chi connectivity index (χ3v) is 3.52. The van der Waals surface area contributed by atoms with E-state index in [2.05, 4.69) is 111 Å². The predicted octanol–water partition coefficient (Wildman–Crippen LogP) is 7.42. The number of hydrogen-bond acceptors (Lipinski definition) is 0. The van der Waals surface area contributed by atoms with E-state index in [-0.39, 0.29) is 18.5 Å². The number of halogens is 2. The number of rotatable bonds is 0. The average Bonchev–Trinajstić information content (AvgIpc) is 3.08. The summed E-state index contributed by atoms with van der Waals surface area (Å²) in [5, 5.41) is 5.39. The Morgan fingerprint density at radius 2 is 1.04 bits per heavy atom. The maximum atomic E-state index is 3.23. The van der Waals surface area contributed by atoms with Crippen molar-refractivity contribution in [3.05, 3.63) is 83.9 Å². The quantitative estimate of drug-likeness (QED) is 0.217. The summed E-state index contributed by atoms with van der Waals surface area (Å²) >= 11 is 6.32. The van der Waals surface area contributed by atoms with Crippen LogP contribution < -0.4 is 0 Å². The first-order valence-corrected chi connectivity index (χ1v) is 18.6.